The van der Waals surface area contributed by atoms with Gasteiger partial charge < -0.3 is 5.11 Å². The quantitative estimate of drug-likeness (QED) is 0.847. The van der Waals surface area contributed by atoms with Crippen molar-refractivity contribution in [2.75, 3.05) is 0 Å². The number of carbonyl (C=O) groups is 2. The zero-order valence-corrected chi connectivity index (χ0v) is 11.2. The Bertz CT molecular complexity index is 600. The SMILES string of the molecule is CC(C(=O)O)C(=O)Cc1ccc(-c2ccccc2)cc1. The number of aliphatic carboxylic acids is 1. The van der Waals surface area contributed by atoms with Gasteiger partial charge in [-0.15, -0.1) is 0 Å². The van der Waals surface area contributed by atoms with Gasteiger partial charge in [0, 0.05) is 6.42 Å². The summed E-state index contributed by atoms with van der Waals surface area (Å²) in [7, 11) is 0. The highest BCUT2D eigenvalue weighted by Gasteiger charge is 2.20. The van der Waals surface area contributed by atoms with Crippen LogP contribution in [0.25, 0.3) is 11.1 Å². The van der Waals surface area contributed by atoms with Crippen molar-refractivity contribution in [1.29, 1.82) is 0 Å². The third kappa shape index (κ3) is 3.32. The van der Waals surface area contributed by atoms with Crippen LogP contribution in [0.3, 0.4) is 0 Å². The van der Waals surface area contributed by atoms with Gasteiger partial charge >= 0.3 is 5.97 Å². The average Bonchev–Trinajstić information content (AvgIpc) is 2.48. The summed E-state index contributed by atoms with van der Waals surface area (Å²) in [6.45, 7) is 1.42. The van der Waals surface area contributed by atoms with E-state index >= 15 is 0 Å². The number of carbonyl (C=O) groups excluding carboxylic acids is 1. The molecule has 0 bridgehead atoms. The van der Waals surface area contributed by atoms with Crippen LogP contribution in [0, 0.1) is 5.92 Å². The molecule has 1 atom stereocenters. The van der Waals surface area contributed by atoms with Gasteiger partial charge in [0.1, 0.15) is 5.92 Å². The Hall–Kier alpha value is -2.42. The van der Waals surface area contributed by atoms with E-state index in [0.29, 0.717) is 0 Å². The maximum atomic E-state index is 11.7. The summed E-state index contributed by atoms with van der Waals surface area (Å²) in [5, 5.41) is 8.80. The fourth-order valence-corrected chi connectivity index (χ4v) is 1.94. The molecule has 2 aromatic carbocycles. The third-order valence-electron chi connectivity index (χ3n) is 3.29. The summed E-state index contributed by atoms with van der Waals surface area (Å²) < 4.78 is 0. The molecule has 1 unspecified atom stereocenters. The Labute approximate surface area is 117 Å². The minimum absolute atomic E-state index is 0.155. The van der Waals surface area contributed by atoms with Crippen LogP contribution in [-0.4, -0.2) is 16.9 Å². The van der Waals surface area contributed by atoms with E-state index in [9.17, 15) is 9.59 Å². The van der Waals surface area contributed by atoms with Crippen LogP contribution in [0.2, 0.25) is 0 Å². The largest absolute Gasteiger partial charge is 0.481 e. The molecule has 20 heavy (non-hydrogen) atoms. The standard InChI is InChI=1S/C17H16O3/c1-12(17(19)20)16(18)11-13-7-9-15(10-8-13)14-5-3-2-4-6-14/h2-10,12H,11H2,1H3,(H,19,20). The van der Waals surface area contributed by atoms with Gasteiger partial charge in [-0.05, 0) is 23.6 Å². The molecule has 0 saturated heterocycles. The van der Waals surface area contributed by atoms with Crippen molar-refractivity contribution in [3.05, 3.63) is 60.2 Å². The van der Waals surface area contributed by atoms with Gasteiger partial charge in [-0.1, -0.05) is 54.6 Å². The van der Waals surface area contributed by atoms with Gasteiger partial charge in [0.2, 0.25) is 0 Å². The predicted molar refractivity (Wildman–Crippen MR) is 77.4 cm³/mol. The van der Waals surface area contributed by atoms with Gasteiger partial charge in [0.15, 0.2) is 5.78 Å². The summed E-state index contributed by atoms with van der Waals surface area (Å²) >= 11 is 0. The minimum atomic E-state index is -1.07. The van der Waals surface area contributed by atoms with E-state index in [4.69, 9.17) is 5.11 Å². The second-order valence-corrected chi connectivity index (χ2v) is 4.77. The fourth-order valence-electron chi connectivity index (χ4n) is 1.94. The van der Waals surface area contributed by atoms with Crippen molar-refractivity contribution in [1.82, 2.24) is 0 Å². The monoisotopic (exact) mass is 268 g/mol. The van der Waals surface area contributed by atoms with Gasteiger partial charge in [0.05, 0.1) is 0 Å². The summed E-state index contributed by atoms with van der Waals surface area (Å²) in [5.41, 5.74) is 3.03. The number of hydrogen-bond acceptors (Lipinski definition) is 2. The molecule has 0 amide bonds. The first-order valence-electron chi connectivity index (χ1n) is 6.48. The van der Waals surface area contributed by atoms with E-state index in [1.807, 2.05) is 54.6 Å². The molecule has 3 nitrogen and oxygen atoms in total. The lowest BCUT2D eigenvalue weighted by Gasteiger charge is -2.06. The summed E-state index contributed by atoms with van der Waals surface area (Å²) in [4.78, 5) is 22.5. The molecule has 0 radical (unpaired) electrons. The Morgan fingerprint density at radius 3 is 2.05 bits per heavy atom. The molecule has 0 fully saturated rings. The molecule has 0 aliphatic rings. The molecule has 0 aliphatic heterocycles. The second kappa shape index (κ2) is 6.15. The van der Waals surface area contributed by atoms with Crippen LogP contribution in [0.4, 0.5) is 0 Å². The molecule has 0 saturated carbocycles. The van der Waals surface area contributed by atoms with Gasteiger partial charge in [0.25, 0.3) is 0 Å². The molecule has 3 heteroatoms. The number of carboxylic acids is 1. The van der Waals surface area contributed by atoms with E-state index in [1.54, 1.807) is 0 Å². The smallest absolute Gasteiger partial charge is 0.313 e. The highest BCUT2D eigenvalue weighted by Crippen LogP contribution is 2.19. The number of Topliss-reactive ketones (excluding diaryl/α,β-unsaturated/α-hetero) is 1. The fraction of sp³-hybridized carbons (Fsp3) is 0.176. The van der Waals surface area contributed by atoms with Crippen LogP contribution in [0.1, 0.15) is 12.5 Å². The lowest BCUT2D eigenvalue weighted by Crippen LogP contribution is -2.22. The Morgan fingerprint density at radius 1 is 0.950 bits per heavy atom. The Balaban J connectivity index is 2.09. The highest BCUT2D eigenvalue weighted by molar-refractivity contribution is 5.98. The molecule has 2 aromatic rings. The molecule has 102 valence electrons. The van der Waals surface area contributed by atoms with Crippen LogP contribution < -0.4 is 0 Å². The number of carboxylic acid groups (broad SMARTS) is 1. The molecule has 0 aromatic heterocycles. The van der Waals surface area contributed by atoms with Crippen LogP contribution in [0.5, 0.6) is 0 Å². The molecule has 2 rings (SSSR count). The summed E-state index contributed by atoms with van der Waals surface area (Å²) in [6, 6.07) is 17.6. The molecule has 0 heterocycles. The first-order chi connectivity index (χ1) is 9.58. The first-order valence-corrected chi connectivity index (χ1v) is 6.48. The van der Waals surface area contributed by atoms with Crippen LogP contribution >= 0.6 is 0 Å². The maximum Gasteiger partial charge on any atom is 0.313 e. The maximum absolute atomic E-state index is 11.7. The average molecular weight is 268 g/mol. The van der Waals surface area contributed by atoms with Crippen molar-refractivity contribution < 1.29 is 14.7 Å². The van der Waals surface area contributed by atoms with E-state index in [0.717, 1.165) is 16.7 Å². The number of hydrogen-bond donors (Lipinski definition) is 1. The number of rotatable bonds is 5. The topological polar surface area (TPSA) is 54.4 Å². The third-order valence-corrected chi connectivity index (χ3v) is 3.29. The van der Waals surface area contributed by atoms with Crippen molar-refractivity contribution in [2.24, 2.45) is 5.92 Å². The van der Waals surface area contributed by atoms with Crippen molar-refractivity contribution in [3.8, 4) is 11.1 Å². The first kappa shape index (κ1) is 14.0. The zero-order valence-electron chi connectivity index (χ0n) is 11.2. The molecule has 1 N–H and O–H groups in total. The normalized spacial score (nSPS) is 11.8. The van der Waals surface area contributed by atoms with Crippen LogP contribution in [-0.2, 0) is 16.0 Å². The van der Waals surface area contributed by atoms with Crippen LogP contribution in [0.15, 0.2) is 54.6 Å². The molecule has 0 aliphatic carbocycles. The number of ketones is 1. The number of benzene rings is 2. The van der Waals surface area contributed by atoms with E-state index < -0.39 is 11.9 Å². The predicted octanol–water partition coefficient (Wildman–Crippen LogP) is 3.19. The minimum Gasteiger partial charge on any atom is -0.481 e. The lowest BCUT2D eigenvalue weighted by atomic mass is 9.97. The molecule has 0 spiro atoms. The zero-order chi connectivity index (χ0) is 14.5. The van der Waals surface area contributed by atoms with Crippen molar-refractivity contribution in [2.45, 2.75) is 13.3 Å². The molecular formula is C17H16O3. The van der Waals surface area contributed by atoms with Gasteiger partial charge in [-0.3, -0.25) is 9.59 Å². The Morgan fingerprint density at radius 2 is 1.50 bits per heavy atom. The van der Waals surface area contributed by atoms with Gasteiger partial charge in [-0.25, -0.2) is 0 Å². The Kier molecular flexibility index (Phi) is 4.31. The van der Waals surface area contributed by atoms with Crippen molar-refractivity contribution in [3.63, 3.8) is 0 Å². The lowest BCUT2D eigenvalue weighted by molar-refractivity contribution is -0.145. The van der Waals surface area contributed by atoms with E-state index in [1.165, 1.54) is 6.92 Å². The second-order valence-electron chi connectivity index (χ2n) is 4.77. The summed E-state index contributed by atoms with van der Waals surface area (Å²) in [6.07, 6.45) is 0.155. The van der Waals surface area contributed by atoms with E-state index in [-0.39, 0.29) is 12.2 Å². The highest BCUT2D eigenvalue weighted by atomic mass is 16.4. The summed E-state index contributed by atoms with van der Waals surface area (Å²) in [5.74, 6) is -2.30. The molecular weight excluding hydrogens is 252 g/mol. The van der Waals surface area contributed by atoms with Crippen molar-refractivity contribution >= 4 is 11.8 Å². The van der Waals surface area contributed by atoms with E-state index in [2.05, 4.69) is 0 Å². The van der Waals surface area contributed by atoms with Gasteiger partial charge in [-0.2, -0.15) is 0 Å².